The predicted molar refractivity (Wildman–Crippen MR) is 112 cm³/mol. The van der Waals surface area contributed by atoms with Crippen molar-refractivity contribution >= 4 is 38.3 Å². The highest BCUT2D eigenvalue weighted by molar-refractivity contribution is 14.1. The number of sulfonamides is 1. The van der Waals surface area contributed by atoms with Gasteiger partial charge in [-0.15, -0.1) is 0 Å². The van der Waals surface area contributed by atoms with Crippen molar-refractivity contribution in [3.63, 3.8) is 0 Å². The highest BCUT2D eigenvalue weighted by Gasteiger charge is 2.23. The van der Waals surface area contributed by atoms with Crippen molar-refractivity contribution in [1.82, 2.24) is 9.36 Å². The lowest BCUT2D eigenvalue weighted by molar-refractivity contribution is 0.411. The third-order valence-corrected chi connectivity index (χ3v) is 6.41. The molecule has 0 amide bonds. The lowest BCUT2D eigenvalue weighted by Gasteiger charge is -2.09. The standard InChI is InChI=1S/C18H18IN3O4S/c1-12-17(18(23)22(21(12)2)13-7-5-4-6-8-13)20-27(24,25)14-9-10-16(26-3)15(19)11-14/h4-11,20H,1-3H3. The van der Waals surface area contributed by atoms with E-state index in [2.05, 4.69) is 4.72 Å². The van der Waals surface area contributed by atoms with E-state index < -0.39 is 15.6 Å². The van der Waals surface area contributed by atoms with E-state index in [1.165, 1.54) is 23.9 Å². The van der Waals surface area contributed by atoms with Gasteiger partial charge in [-0.25, -0.2) is 13.1 Å². The van der Waals surface area contributed by atoms with Crippen LogP contribution in [0, 0.1) is 10.5 Å². The third kappa shape index (κ3) is 3.61. The van der Waals surface area contributed by atoms with E-state index in [1.807, 2.05) is 40.8 Å². The minimum Gasteiger partial charge on any atom is -0.496 e. The molecule has 0 spiro atoms. The maximum absolute atomic E-state index is 12.9. The number of rotatable bonds is 5. The molecule has 0 saturated heterocycles. The molecule has 1 heterocycles. The Morgan fingerprint density at radius 3 is 2.37 bits per heavy atom. The number of halogens is 1. The van der Waals surface area contributed by atoms with Crippen LogP contribution >= 0.6 is 22.6 Å². The number of nitrogens with zero attached hydrogens (tertiary/aromatic N) is 2. The topological polar surface area (TPSA) is 82.3 Å². The van der Waals surface area contributed by atoms with Gasteiger partial charge in [0, 0.05) is 7.05 Å². The van der Waals surface area contributed by atoms with Crippen LogP contribution in [-0.2, 0) is 17.1 Å². The van der Waals surface area contributed by atoms with Gasteiger partial charge < -0.3 is 4.74 Å². The van der Waals surface area contributed by atoms with Gasteiger partial charge in [0.15, 0.2) is 0 Å². The zero-order valence-electron chi connectivity index (χ0n) is 14.9. The Labute approximate surface area is 170 Å². The van der Waals surface area contributed by atoms with Crippen LogP contribution in [0.3, 0.4) is 0 Å². The molecule has 0 atom stereocenters. The molecule has 3 rings (SSSR count). The van der Waals surface area contributed by atoms with Crippen molar-refractivity contribution < 1.29 is 13.2 Å². The van der Waals surface area contributed by atoms with Crippen molar-refractivity contribution in [2.45, 2.75) is 11.8 Å². The molecule has 0 fully saturated rings. The molecule has 3 aromatic rings. The monoisotopic (exact) mass is 499 g/mol. The SMILES string of the molecule is COc1ccc(S(=O)(=O)Nc2c(C)n(C)n(-c3ccccc3)c2=O)cc1I. The Morgan fingerprint density at radius 1 is 1.11 bits per heavy atom. The van der Waals surface area contributed by atoms with E-state index in [9.17, 15) is 13.2 Å². The quantitative estimate of drug-likeness (QED) is 0.548. The minimum atomic E-state index is -3.93. The summed E-state index contributed by atoms with van der Waals surface area (Å²) in [5.41, 5.74) is 0.744. The lowest BCUT2D eigenvalue weighted by Crippen LogP contribution is -2.23. The van der Waals surface area contributed by atoms with Crippen molar-refractivity contribution in [3.05, 3.63) is 68.1 Å². The second-order valence-electron chi connectivity index (χ2n) is 5.84. The maximum atomic E-state index is 12.9. The summed E-state index contributed by atoms with van der Waals surface area (Å²) in [6, 6.07) is 13.6. The first kappa shape index (κ1) is 19.5. The second-order valence-corrected chi connectivity index (χ2v) is 8.68. The Bertz CT molecular complexity index is 1150. The summed E-state index contributed by atoms with van der Waals surface area (Å²) >= 11 is 2.00. The molecule has 0 saturated carbocycles. The largest absolute Gasteiger partial charge is 0.496 e. The number of nitrogens with one attached hydrogen (secondary N) is 1. The summed E-state index contributed by atoms with van der Waals surface area (Å²) in [5.74, 6) is 0.580. The van der Waals surface area contributed by atoms with Crippen molar-refractivity contribution in [3.8, 4) is 11.4 Å². The van der Waals surface area contributed by atoms with Gasteiger partial charge in [0.25, 0.3) is 15.6 Å². The number of ether oxygens (including phenoxy) is 1. The molecule has 2 aromatic carbocycles. The fraction of sp³-hybridized carbons (Fsp3) is 0.167. The molecule has 9 heteroatoms. The molecule has 0 radical (unpaired) electrons. The van der Waals surface area contributed by atoms with Crippen LogP contribution in [0.2, 0.25) is 0 Å². The minimum absolute atomic E-state index is 0.0205. The number of hydrogen-bond donors (Lipinski definition) is 1. The molecule has 1 aromatic heterocycles. The van der Waals surface area contributed by atoms with E-state index in [0.29, 0.717) is 20.7 Å². The van der Waals surface area contributed by atoms with Gasteiger partial charge >= 0.3 is 0 Å². The van der Waals surface area contributed by atoms with Crippen LogP contribution in [0.15, 0.2) is 58.2 Å². The zero-order chi connectivity index (χ0) is 19.8. The number of anilines is 1. The van der Waals surface area contributed by atoms with Crippen LogP contribution < -0.4 is 15.0 Å². The lowest BCUT2D eigenvalue weighted by atomic mass is 10.3. The van der Waals surface area contributed by atoms with Crippen LogP contribution in [0.4, 0.5) is 5.69 Å². The molecule has 0 bridgehead atoms. The maximum Gasteiger partial charge on any atom is 0.296 e. The molecule has 7 nitrogen and oxygen atoms in total. The summed E-state index contributed by atoms with van der Waals surface area (Å²) in [6.07, 6.45) is 0. The summed E-state index contributed by atoms with van der Waals surface area (Å²) in [7, 11) is -0.705. The molecular formula is C18H18IN3O4S. The first-order valence-corrected chi connectivity index (χ1v) is 10.5. The molecule has 142 valence electrons. The van der Waals surface area contributed by atoms with Crippen molar-refractivity contribution in [1.29, 1.82) is 0 Å². The normalized spacial score (nSPS) is 11.4. The van der Waals surface area contributed by atoms with Crippen molar-refractivity contribution in [2.75, 3.05) is 11.8 Å². The Hall–Kier alpha value is -2.27. The van der Waals surface area contributed by atoms with Crippen LogP contribution in [0.5, 0.6) is 5.75 Å². The van der Waals surface area contributed by atoms with Crippen LogP contribution in [0.25, 0.3) is 5.69 Å². The van der Waals surface area contributed by atoms with Gasteiger partial charge in [0.1, 0.15) is 11.4 Å². The summed E-state index contributed by atoms with van der Waals surface area (Å²) in [4.78, 5) is 12.9. The predicted octanol–water partition coefficient (Wildman–Crippen LogP) is 2.90. The van der Waals surface area contributed by atoms with Gasteiger partial charge in [-0.3, -0.25) is 14.2 Å². The van der Waals surface area contributed by atoms with E-state index in [0.717, 1.165) is 0 Å². The summed E-state index contributed by atoms with van der Waals surface area (Å²) in [6.45, 7) is 1.69. The van der Waals surface area contributed by atoms with Gasteiger partial charge in [-0.2, -0.15) is 0 Å². The number of hydrogen-bond acceptors (Lipinski definition) is 4. The van der Waals surface area contributed by atoms with Gasteiger partial charge in [0.05, 0.1) is 27.0 Å². The van der Waals surface area contributed by atoms with Gasteiger partial charge in [-0.05, 0) is 59.8 Å². The Morgan fingerprint density at radius 2 is 1.78 bits per heavy atom. The highest BCUT2D eigenvalue weighted by atomic mass is 127. The fourth-order valence-electron chi connectivity index (χ4n) is 2.69. The van der Waals surface area contributed by atoms with Crippen LogP contribution in [0.1, 0.15) is 5.69 Å². The van der Waals surface area contributed by atoms with Crippen LogP contribution in [-0.4, -0.2) is 24.9 Å². The first-order valence-electron chi connectivity index (χ1n) is 7.96. The van der Waals surface area contributed by atoms with Crippen molar-refractivity contribution in [2.24, 2.45) is 7.05 Å². The molecule has 0 aliphatic carbocycles. The number of benzene rings is 2. The van der Waals surface area contributed by atoms with E-state index in [-0.39, 0.29) is 10.6 Å². The average molecular weight is 499 g/mol. The smallest absolute Gasteiger partial charge is 0.296 e. The first-order chi connectivity index (χ1) is 12.8. The average Bonchev–Trinajstić information content (AvgIpc) is 2.85. The molecule has 27 heavy (non-hydrogen) atoms. The second kappa shape index (κ2) is 7.39. The summed E-state index contributed by atoms with van der Waals surface area (Å²) in [5, 5.41) is 0. The number of aromatic nitrogens is 2. The molecular weight excluding hydrogens is 481 g/mol. The zero-order valence-corrected chi connectivity index (χ0v) is 17.9. The van der Waals surface area contributed by atoms with E-state index >= 15 is 0 Å². The fourth-order valence-corrected chi connectivity index (χ4v) is 4.78. The highest BCUT2D eigenvalue weighted by Crippen LogP contribution is 2.25. The molecule has 0 aliphatic heterocycles. The number of methoxy groups -OCH3 is 1. The van der Waals surface area contributed by atoms with Gasteiger partial charge in [-0.1, -0.05) is 18.2 Å². The molecule has 1 N–H and O–H groups in total. The van der Waals surface area contributed by atoms with Gasteiger partial charge in [0.2, 0.25) is 0 Å². The van der Waals surface area contributed by atoms with E-state index in [4.69, 9.17) is 4.74 Å². The Balaban J connectivity index is 2.06. The molecule has 0 aliphatic rings. The third-order valence-electron chi connectivity index (χ3n) is 4.22. The Kier molecular flexibility index (Phi) is 5.33. The van der Waals surface area contributed by atoms with E-state index in [1.54, 1.807) is 36.9 Å². The number of para-hydroxylation sites is 1. The molecule has 0 unspecified atom stereocenters. The summed E-state index contributed by atoms with van der Waals surface area (Å²) < 4.78 is 36.9.